The Morgan fingerprint density at radius 3 is 2.71 bits per heavy atom. The highest BCUT2D eigenvalue weighted by atomic mass is 16.7. The van der Waals surface area contributed by atoms with Gasteiger partial charge in [0.15, 0.2) is 0 Å². The summed E-state index contributed by atoms with van der Waals surface area (Å²) in [6, 6.07) is 7.91. The van der Waals surface area contributed by atoms with Gasteiger partial charge in [0.2, 0.25) is 0 Å². The van der Waals surface area contributed by atoms with Crippen LogP contribution in [-0.4, -0.2) is 6.61 Å². The summed E-state index contributed by atoms with van der Waals surface area (Å²) in [6.45, 7) is 0.827. The molecule has 0 bridgehead atoms. The fourth-order valence-electron chi connectivity index (χ4n) is 2.02. The summed E-state index contributed by atoms with van der Waals surface area (Å²) in [5.74, 6) is 1.65. The van der Waals surface area contributed by atoms with E-state index in [-0.39, 0.29) is 6.29 Å². The van der Waals surface area contributed by atoms with Gasteiger partial charge in [-0.2, -0.15) is 0 Å². The normalized spacial score (nSPS) is 19.5. The highest BCUT2D eigenvalue weighted by molar-refractivity contribution is 5.29. The molecule has 0 N–H and O–H groups in total. The molecule has 0 radical (unpaired) electrons. The lowest BCUT2D eigenvalue weighted by Crippen LogP contribution is -2.19. The third kappa shape index (κ3) is 2.38. The first kappa shape index (κ1) is 10.5. The highest BCUT2D eigenvalue weighted by Gasteiger charge is 2.19. The molecule has 1 saturated carbocycles. The van der Waals surface area contributed by atoms with Crippen LogP contribution in [-0.2, 0) is 9.47 Å². The molecule has 90 valence electrons. The zero-order valence-corrected chi connectivity index (χ0v) is 9.67. The molecule has 3 nitrogen and oxygen atoms in total. The molecule has 3 heteroatoms. The summed E-state index contributed by atoms with van der Waals surface area (Å²) in [7, 11) is 0. The highest BCUT2D eigenvalue weighted by Crippen LogP contribution is 2.29. The maximum Gasteiger partial charge on any atom is 0.266 e. The number of hydrogen-bond acceptors (Lipinski definition) is 3. The van der Waals surface area contributed by atoms with Crippen molar-refractivity contribution in [2.75, 3.05) is 6.61 Å². The zero-order chi connectivity index (χ0) is 11.5. The van der Waals surface area contributed by atoms with Gasteiger partial charge in [0.05, 0.1) is 6.61 Å². The Morgan fingerprint density at radius 2 is 2.00 bits per heavy atom. The second kappa shape index (κ2) is 4.70. The predicted octanol–water partition coefficient (Wildman–Crippen LogP) is 3.38. The van der Waals surface area contributed by atoms with Gasteiger partial charge >= 0.3 is 0 Å². The molecule has 1 aliphatic carbocycles. The van der Waals surface area contributed by atoms with Crippen molar-refractivity contribution in [3.05, 3.63) is 42.4 Å². The minimum absolute atomic E-state index is 0.317. The second-order valence-corrected chi connectivity index (χ2v) is 4.56. The molecule has 1 fully saturated rings. The molecule has 1 aromatic carbocycles. The maximum atomic E-state index is 5.78. The average molecular weight is 232 g/mol. The molecule has 0 aromatic heterocycles. The summed E-state index contributed by atoms with van der Waals surface area (Å²) in [5.41, 5.74) is 0.987. The van der Waals surface area contributed by atoms with Gasteiger partial charge in [0.1, 0.15) is 18.3 Å². The van der Waals surface area contributed by atoms with Crippen LogP contribution in [0, 0.1) is 5.92 Å². The van der Waals surface area contributed by atoms with E-state index >= 15 is 0 Å². The molecule has 1 aromatic rings. The van der Waals surface area contributed by atoms with Crippen LogP contribution in [0.4, 0.5) is 0 Å². The molecule has 0 saturated heterocycles. The van der Waals surface area contributed by atoms with Crippen molar-refractivity contribution in [2.24, 2.45) is 5.92 Å². The molecular weight excluding hydrogens is 216 g/mol. The molecule has 0 spiro atoms. The van der Waals surface area contributed by atoms with Crippen molar-refractivity contribution in [1.82, 2.24) is 0 Å². The molecule has 1 heterocycles. The summed E-state index contributed by atoms with van der Waals surface area (Å²) in [4.78, 5) is 0. The van der Waals surface area contributed by atoms with Crippen LogP contribution in [0.15, 0.2) is 36.8 Å². The predicted molar refractivity (Wildman–Crippen MR) is 63.3 cm³/mol. The second-order valence-electron chi connectivity index (χ2n) is 4.56. The average Bonchev–Trinajstić information content (AvgIpc) is 2.81. The molecule has 17 heavy (non-hydrogen) atoms. The van der Waals surface area contributed by atoms with Crippen LogP contribution in [0.5, 0.6) is 5.75 Å². The van der Waals surface area contributed by atoms with Crippen LogP contribution < -0.4 is 4.74 Å². The van der Waals surface area contributed by atoms with Gasteiger partial charge in [-0.05, 0) is 30.9 Å². The molecule has 0 unspecified atom stereocenters. The first-order chi connectivity index (χ1) is 8.42. The number of benzene rings is 1. The van der Waals surface area contributed by atoms with Gasteiger partial charge in [-0.15, -0.1) is 0 Å². The van der Waals surface area contributed by atoms with Gasteiger partial charge in [-0.3, -0.25) is 0 Å². The van der Waals surface area contributed by atoms with E-state index in [0.29, 0.717) is 0 Å². The first-order valence-electron chi connectivity index (χ1n) is 6.10. The van der Waals surface area contributed by atoms with Crippen LogP contribution in [0.3, 0.4) is 0 Å². The lowest BCUT2D eigenvalue weighted by Gasteiger charge is -2.25. The number of ether oxygens (including phenoxy) is 3. The molecule has 0 atom stereocenters. The van der Waals surface area contributed by atoms with E-state index in [1.165, 1.54) is 19.3 Å². The fraction of sp³-hybridized carbons (Fsp3) is 0.429. The molecule has 3 rings (SSSR count). The SMILES string of the molecule is C1=COC(c2cccc(OCC3CCC3)c2)O1. The Morgan fingerprint density at radius 1 is 1.18 bits per heavy atom. The van der Waals surface area contributed by atoms with Crippen molar-refractivity contribution >= 4 is 0 Å². The van der Waals surface area contributed by atoms with Gasteiger partial charge in [-0.25, -0.2) is 0 Å². The number of rotatable bonds is 4. The van der Waals surface area contributed by atoms with Gasteiger partial charge in [-0.1, -0.05) is 18.6 Å². The van der Waals surface area contributed by atoms with Crippen molar-refractivity contribution in [2.45, 2.75) is 25.6 Å². The largest absolute Gasteiger partial charge is 0.493 e. The standard InChI is InChI=1S/C14H16O3/c1-3-11(4-1)10-17-13-6-2-5-12(9-13)14-15-7-8-16-14/h2,5-9,11,14H,1,3-4,10H2. The van der Waals surface area contributed by atoms with E-state index in [9.17, 15) is 0 Å². The summed E-state index contributed by atoms with van der Waals surface area (Å²) in [6.07, 6.45) is 6.77. The van der Waals surface area contributed by atoms with Crippen LogP contribution in [0.25, 0.3) is 0 Å². The van der Waals surface area contributed by atoms with Crippen LogP contribution in [0.1, 0.15) is 31.1 Å². The Kier molecular flexibility index (Phi) is 2.90. The van der Waals surface area contributed by atoms with E-state index in [0.717, 1.165) is 23.8 Å². The minimum Gasteiger partial charge on any atom is -0.493 e. The van der Waals surface area contributed by atoms with E-state index in [4.69, 9.17) is 14.2 Å². The lowest BCUT2D eigenvalue weighted by atomic mass is 9.86. The summed E-state index contributed by atoms with van der Waals surface area (Å²) in [5, 5.41) is 0. The number of hydrogen-bond donors (Lipinski definition) is 0. The zero-order valence-electron chi connectivity index (χ0n) is 9.67. The first-order valence-corrected chi connectivity index (χ1v) is 6.10. The van der Waals surface area contributed by atoms with Gasteiger partial charge in [0, 0.05) is 5.56 Å². The summed E-state index contributed by atoms with van der Waals surface area (Å²) < 4.78 is 16.4. The van der Waals surface area contributed by atoms with Crippen molar-refractivity contribution in [3.8, 4) is 5.75 Å². The topological polar surface area (TPSA) is 27.7 Å². The Hall–Kier alpha value is -1.64. The Labute approximate surface area is 101 Å². The van der Waals surface area contributed by atoms with E-state index in [1.807, 2.05) is 24.3 Å². The Bertz CT molecular complexity index is 402. The van der Waals surface area contributed by atoms with E-state index in [2.05, 4.69) is 0 Å². The van der Waals surface area contributed by atoms with Crippen molar-refractivity contribution in [1.29, 1.82) is 0 Å². The minimum atomic E-state index is -0.317. The van der Waals surface area contributed by atoms with Crippen molar-refractivity contribution in [3.63, 3.8) is 0 Å². The van der Waals surface area contributed by atoms with E-state index in [1.54, 1.807) is 12.5 Å². The molecule has 2 aliphatic rings. The quantitative estimate of drug-likeness (QED) is 0.796. The summed E-state index contributed by atoms with van der Waals surface area (Å²) >= 11 is 0. The third-order valence-electron chi connectivity index (χ3n) is 3.30. The molecular formula is C14H16O3. The Balaban J connectivity index is 1.61. The molecule has 1 aliphatic heterocycles. The van der Waals surface area contributed by atoms with Gasteiger partial charge in [0.25, 0.3) is 6.29 Å². The fourth-order valence-corrected chi connectivity index (χ4v) is 2.02. The smallest absolute Gasteiger partial charge is 0.266 e. The maximum absolute atomic E-state index is 5.78. The monoisotopic (exact) mass is 232 g/mol. The van der Waals surface area contributed by atoms with Crippen molar-refractivity contribution < 1.29 is 14.2 Å². The third-order valence-corrected chi connectivity index (χ3v) is 3.30. The van der Waals surface area contributed by atoms with Crippen LogP contribution >= 0.6 is 0 Å². The van der Waals surface area contributed by atoms with E-state index < -0.39 is 0 Å². The molecule has 0 amide bonds. The van der Waals surface area contributed by atoms with Crippen LogP contribution in [0.2, 0.25) is 0 Å². The lowest BCUT2D eigenvalue weighted by molar-refractivity contribution is -0.0247. The van der Waals surface area contributed by atoms with Gasteiger partial charge < -0.3 is 14.2 Å².